The first-order valence-electron chi connectivity index (χ1n) is 30.6. The molecule has 1 amide bonds. The van der Waals surface area contributed by atoms with Crippen molar-refractivity contribution in [1.29, 1.82) is 0 Å². The molecule has 43 heteroatoms. The number of aliphatic hydroxyl groups excluding tert-OH is 1. The lowest BCUT2D eigenvalue weighted by Gasteiger charge is -2.36. The lowest BCUT2D eigenvalue weighted by Crippen LogP contribution is -2.27. The predicted molar refractivity (Wildman–Crippen MR) is 320 cm³/mol. The van der Waals surface area contributed by atoms with E-state index in [9.17, 15) is 52.5 Å². The molecule has 2 aromatic rings. The number of nitrogen functional groups attached to an aromatic ring is 1. The Balaban J connectivity index is 0.972. The normalized spacial score (nSPS) is 17.7. The molecule has 39 nitrogen and oxygen atoms in total. The van der Waals surface area contributed by atoms with E-state index >= 15 is 0 Å². The number of phosphoric ester groups is 1. The third-order valence-corrected chi connectivity index (χ3v) is 18.0. The molecular formula is C51H95N7O32P4-4. The molecule has 2 aromatic heterocycles. The molecule has 0 saturated carbocycles. The van der Waals surface area contributed by atoms with Gasteiger partial charge in [-0.05, 0) is 12.8 Å². The Morgan fingerprint density at radius 1 is 0.564 bits per heavy atom. The minimum Gasteiger partial charge on any atom is -0.766 e. The van der Waals surface area contributed by atoms with Crippen LogP contribution in [0.1, 0.15) is 51.2 Å². The zero-order valence-electron chi connectivity index (χ0n) is 53.1. The molecule has 5 unspecified atom stereocenters. The zero-order valence-corrected chi connectivity index (χ0v) is 56.7. The monoisotopic (exact) mass is 1440 g/mol. The number of aromatic amines is 1. The molecule has 1 aliphatic rings. The molecule has 1 saturated heterocycles. The van der Waals surface area contributed by atoms with Gasteiger partial charge < -0.3 is 121 Å². The van der Waals surface area contributed by atoms with E-state index in [0.717, 1.165) is 6.33 Å². The lowest BCUT2D eigenvalue weighted by molar-refractivity contribution is -0.252. The molecule has 7 atom stereocenters. The molecule has 1 aliphatic heterocycles. The Hall–Kier alpha value is -2.54. The highest BCUT2D eigenvalue weighted by molar-refractivity contribution is 7.68. The highest BCUT2D eigenvalue weighted by Crippen LogP contribution is 2.66. The van der Waals surface area contributed by atoms with E-state index in [0.29, 0.717) is 230 Å². The van der Waals surface area contributed by atoms with Crippen molar-refractivity contribution < 1.29 is 146 Å². The van der Waals surface area contributed by atoms with E-state index < -0.39 is 61.8 Å². The summed E-state index contributed by atoms with van der Waals surface area (Å²) in [6.07, 6.45) is -0.321. The lowest BCUT2D eigenvalue weighted by atomic mass is 10.1. The molecule has 0 spiro atoms. The van der Waals surface area contributed by atoms with E-state index in [1.54, 1.807) is 12.2 Å². The minimum atomic E-state index is -6.44. The Kier molecular flexibility index (Phi) is 48.7. The number of anilines is 1. The zero-order chi connectivity index (χ0) is 68.3. The van der Waals surface area contributed by atoms with Gasteiger partial charge in [-0.25, -0.2) is 13.6 Å². The maximum Gasteiger partial charge on any atom is 0.280 e. The number of hydrogen-bond donors (Lipinski definition) is 5. The summed E-state index contributed by atoms with van der Waals surface area (Å²) in [5.41, 5.74) is 4.75. The largest absolute Gasteiger partial charge is 0.766 e. The number of phosphoric acid groups is 3. The van der Waals surface area contributed by atoms with Crippen LogP contribution in [0.2, 0.25) is 0 Å². The van der Waals surface area contributed by atoms with Crippen LogP contribution in [0, 0.1) is 0 Å². The Morgan fingerprint density at radius 3 is 1.34 bits per heavy atom. The molecule has 3 heterocycles. The second-order valence-electron chi connectivity index (χ2n) is 19.5. The molecule has 1 fully saturated rings. The number of amides is 1. The molecule has 94 heavy (non-hydrogen) atoms. The summed E-state index contributed by atoms with van der Waals surface area (Å²) in [5.74, 6) is -0.461. The van der Waals surface area contributed by atoms with Gasteiger partial charge in [-0.2, -0.15) is 4.98 Å². The minimum absolute atomic E-state index is 0.0297. The summed E-state index contributed by atoms with van der Waals surface area (Å²) in [6.45, 7) is 12.8. The Bertz CT molecular complexity index is 2500. The molecule has 0 radical (unpaired) electrons. The number of unbranched alkanes of at least 4 members (excludes halogenated alkanes) is 4. The SMILES string of the molecule is COCCOCCOCCOCCOCCOCCOCCOCCOCCOCCOCCOCCOCCOCCOCCOCCC(=O)NCCCCCCCNP(=O)([O-])OP(=O)([O-])OP(=O)([O-])OP(=O)([O-])OC[C@H]1O[C@@H](n2cnc3c(=O)[nH]c(N)nc32)CC1O. The fourth-order valence-corrected chi connectivity index (χ4v) is 12.6. The molecule has 0 bridgehead atoms. The van der Waals surface area contributed by atoms with Gasteiger partial charge in [-0.1, -0.05) is 19.3 Å². The van der Waals surface area contributed by atoms with Crippen LogP contribution in [0.15, 0.2) is 11.1 Å². The number of fused-ring (bicyclic) bond motifs is 1. The smallest absolute Gasteiger partial charge is 0.280 e. The number of imidazole rings is 1. The van der Waals surface area contributed by atoms with Crippen LogP contribution in [0.3, 0.4) is 0 Å². The highest BCUT2D eigenvalue weighted by atomic mass is 31.3. The van der Waals surface area contributed by atoms with Crippen molar-refractivity contribution in [2.75, 3.05) is 237 Å². The van der Waals surface area contributed by atoms with Crippen LogP contribution in [0.25, 0.3) is 11.2 Å². The van der Waals surface area contributed by atoms with E-state index in [2.05, 4.69) is 37.7 Å². The summed E-state index contributed by atoms with van der Waals surface area (Å²) in [4.78, 5) is 83.0. The third kappa shape index (κ3) is 45.2. The van der Waals surface area contributed by atoms with Crippen LogP contribution in [0.5, 0.6) is 0 Å². The quantitative estimate of drug-likeness (QED) is 0.0361. The number of carbonyl (C=O) groups excluding carboxylic acids is 1. The van der Waals surface area contributed by atoms with Gasteiger partial charge in [-0.3, -0.25) is 46.8 Å². The van der Waals surface area contributed by atoms with Gasteiger partial charge in [0, 0.05) is 33.0 Å². The van der Waals surface area contributed by atoms with E-state index in [1.807, 2.05) is 0 Å². The summed E-state index contributed by atoms with van der Waals surface area (Å²) < 4.78 is 158. The van der Waals surface area contributed by atoms with Crippen LogP contribution >= 0.6 is 31.2 Å². The highest BCUT2D eigenvalue weighted by Gasteiger charge is 2.38. The van der Waals surface area contributed by atoms with Gasteiger partial charge in [0.2, 0.25) is 19.6 Å². The second-order valence-corrected chi connectivity index (χ2v) is 25.8. The van der Waals surface area contributed by atoms with Gasteiger partial charge in [0.05, 0.1) is 224 Å². The van der Waals surface area contributed by atoms with E-state index in [4.69, 9.17) is 86.3 Å². The summed E-state index contributed by atoms with van der Waals surface area (Å²) in [6, 6.07) is 0. The van der Waals surface area contributed by atoms with Crippen molar-refractivity contribution in [2.45, 2.75) is 63.4 Å². The number of nitrogens with one attached hydrogen (secondary N) is 3. The first-order chi connectivity index (χ1) is 45.3. The van der Waals surface area contributed by atoms with Crippen LogP contribution in [-0.2, 0) is 121 Å². The standard InChI is InChI=1S/C51H99N7O32P4/c1-70-11-12-72-15-16-74-19-20-76-23-24-78-27-28-80-31-32-82-35-36-84-39-40-85-38-37-83-34-33-81-30-29-79-26-25-77-22-21-75-18-17-73-14-13-71-10-7-46(60)53-8-5-3-2-4-6-9-55-91(62,63)88-93(66,67)90-94(68,69)89-92(64,65)86-42-45-44(59)41-47(87-45)58-43-54-48-49(58)56-51(52)57-50(48)61/h43-45,47,59H,2-42H2,1H3,(H,53,60)(H,64,65)(H,66,67)(H,68,69)(H2,55,62,63)(H3,52,56,57,61)/p-4/t44?,45-,47-/m1/s1. The number of hydrogen-bond acceptors (Lipinski definition) is 35. The first kappa shape index (κ1) is 85.7. The fourth-order valence-electron chi connectivity index (χ4n) is 7.61. The Labute approximate surface area is 545 Å². The second kappa shape index (κ2) is 53.4. The number of rotatable bonds is 67. The first-order valence-corrected chi connectivity index (χ1v) is 36.5. The summed E-state index contributed by atoms with van der Waals surface area (Å²) in [5, 5.41) is 15.0. The number of methoxy groups -OCH3 is 1. The predicted octanol–water partition coefficient (Wildman–Crippen LogP) is -1.77. The molecule has 3 rings (SSSR count). The van der Waals surface area contributed by atoms with E-state index in [1.165, 1.54) is 4.57 Å². The average molecular weight is 1440 g/mol. The number of aromatic nitrogens is 4. The number of nitrogens with zero attached hydrogens (tertiary/aromatic N) is 3. The number of ether oxygens (including phenoxy) is 17. The van der Waals surface area contributed by atoms with Crippen molar-refractivity contribution in [3.8, 4) is 0 Å². The van der Waals surface area contributed by atoms with E-state index in [-0.39, 0.29) is 55.4 Å². The van der Waals surface area contributed by atoms with Gasteiger partial charge in [0.25, 0.3) is 29.0 Å². The topological polar surface area (TPSA) is 505 Å². The van der Waals surface area contributed by atoms with Gasteiger partial charge in [0.15, 0.2) is 11.2 Å². The van der Waals surface area contributed by atoms with Crippen LogP contribution in [-0.4, -0.2) is 274 Å². The Morgan fingerprint density at radius 2 is 0.926 bits per heavy atom. The molecular weight excluding hydrogens is 1350 g/mol. The molecule has 550 valence electrons. The van der Waals surface area contributed by atoms with Gasteiger partial charge in [-0.15, -0.1) is 0 Å². The van der Waals surface area contributed by atoms with Gasteiger partial charge >= 0.3 is 0 Å². The van der Waals surface area contributed by atoms with Crippen molar-refractivity contribution in [1.82, 2.24) is 29.9 Å². The van der Waals surface area contributed by atoms with Crippen molar-refractivity contribution in [3.63, 3.8) is 0 Å². The third-order valence-electron chi connectivity index (χ3n) is 12.1. The number of H-pyrrole nitrogens is 1. The summed E-state index contributed by atoms with van der Waals surface area (Å²) in [7, 11) is -22.6. The number of carbonyl (C=O) groups is 1. The number of aliphatic hydroxyl groups is 1. The number of nitrogens with two attached hydrogens (primary N) is 1. The summed E-state index contributed by atoms with van der Waals surface area (Å²) >= 11 is 0. The fraction of sp³-hybridized carbons (Fsp3) is 0.882. The molecule has 0 aromatic carbocycles. The van der Waals surface area contributed by atoms with Gasteiger partial charge in [0.1, 0.15) is 12.3 Å². The molecule has 6 N–H and O–H groups in total. The van der Waals surface area contributed by atoms with Crippen molar-refractivity contribution in [2.24, 2.45) is 0 Å². The average Bonchev–Trinajstić information content (AvgIpc) is 1.64. The van der Waals surface area contributed by atoms with Crippen molar-refractivity contribution in [3.05, 3.63) is 16.7 Å². The maximum absolute atomic E-state index is 12.3. The van der Waals surface area contributed by atoms with Crippen molar-refractivity contribution >= 4 is 54.2 Å². The van der Waals surface area contributed by atoms with Crippen LogP contribution in [0.4, 0.5) is 5.95 Å². The molecule has 0 aliphatic carbocycles. The maximum atomic E-state index is 12.3. The van der Waals surface area contributed by atoms with Crippen LogP contribution < -0.4 is 41.3 Å².